The third kappa shape index (κ3) is 3.84. The van der Waals surface area contributed by atoms with Gasteiger partial charge in [0.15, 0.2) is 8.32 Å². The smallest absolute Gasteiger partial charge is 0.187 e. The van der Waals surface area contributed by atoms with E-state index in [0.29, 0.717) is 0 Å². The fourth-order valence-electron chi connectivity index (χ4n) is 1.13. The summed E-state index contributed by atoms with van der Waals surface area (Å²) in [5.74, 6) is 0. The van der Waals surface area contributed by atoms with Gasteiger partial charge in [-0.15, -0.1) is 0 Å². The molecular weight excluding hydrogens is 184 g/mol. The molecule has 0 fully saturated rings. The third-order valence-corrected chi connectivity index (χ3v) is 5.42. The van der Waals surface area contributed by atoms with Crippen LogP contribution in [0.15, 0.2) is 0 Å². The number of rotatable bonds is 4. The van der Waals surface area contributed by atoms with Crippen molar-refractivity contribution in [1.82, 2.24) is 0 Å². The molecule has 0 aromatic heterocycles. The zero-order valence-corrected chi connectivity index (χ0v) is 11.3. The average molecular weight is 206 g/mol. The van der Waals surface area contributed by atoms with Gasteiger partial charge in [-0.25, -0.2) is 0 Å². The van der Waals surface area contributed by atoms with E-state index < -0.39 is 22.5 Å². The van der Waals surface area contributed by atoms with Gasteiger partial charge in [-0.05, 0) is 26.1 Å². The van der Waals surface area contributed by atoms with Crippen molar-refractivity contribution in [3.63, 3.8) is 0 Å². The molecule has 0 spiro atoms. The molecule has 4 heteroatoms. The summed E-state index contributed by atoms with van der Waals surface area (Å²) >= 11 is 0. The van der Waals surface area contributed by atoms with E-state index in [-0.39, 0.29) is 0 Å². The van der Waals surface area contributed by atoms with E-state index >= 15 is 0 Å². The fourth-order valence-corrected chi connectivity index (χ4v) is 5.15. The fraction of sp³-hybridized carbons (Fsp3) is 1.00. The van der Waals surface area contributed by atoms with E-state index in [9.17, 15) is 5.11 Å². The Hall–Kier alpha value is 0.354. The van der Waals surface area contributed by atoms with Crippen molar-refractivity contribution in [3.05, 3.63) is 0 Å². The van der Waals surface area contributed by atoms with Gasteiger partial charge < -0.3 is 9.53 Å². The lowest BCUT2D eigenvalue weighted by atomic mass is 10.5. The Balaban J connectivity index is 4.35. The molecule has 0 aliphatic heterocycles. The SMILES string of the molecule is CCC(O)(O[Si](C)(C)C)[SiH](C)C. The van der Waals surface area contributed by atoms with Crippen molar-refractivity contribution in [2.24, 2.45) is 0 Å². The Morgan fingerprint density at radius 1 is 1.33 bits per heavy atom. The molecule has 2 nitrogen and oxygen atoms in total. The molecular formula is C8H22O2Si2. The van der Waals surface area contributed by atoms with E-state index in [1.165, 1.54) is 0 Å². The Morgan fingerprint density at radius 3 is 1.83 bits per heavy atom. The molecule has 1 atom stereocenters. The van der Waals surface area contributed by atoms with Crippen LogP contribution in [0.5, 0.6) is 0 Å². The second-order valence-corrected chi connectivity index (χ2v) is 12.2. The lowest BCUT2D eigenvalue weighted by Crippen LogP contribution is -2.50. The van der Waals surface area contributed by atoms with Gasteiger partial charge in [0.2, 0.25) is 0 Å². The summed E-state index contributed by atoms with van der Waals surface area (Å²) < 4.78 is 5.79. The molecule has 0 aliphatic carbocycles. The Morgan fingerprint density at radius 2 is 1.75 bits per heavy atom. The van der Waals surface area contributed by atoms with Crippen LogP contribution in [0.2, 0.25) is 32.7 Å². The maximum atomic E-state index is 10.1. The summed E-state index contributed by atoms with van der Waals surface area (Å²) in [6.45, 7) is 12.6. The van der Waals surface area contributed by atoms with Gasteiger partial charge in [-0.3, -0.25) is 0 Å². The monoisotopic (exact) mass is 206 g/mol. The van der Waals surface area contributed by atoms with Gasteiger partial charge in [0, 0.05) is 0 Å². The van der Waals surface area contributed by atoms with Crippen molar-refractivity contribution >= 4 is 17.1 Å². The van der Waals surface area contributed by atoms with Gasteiger partial charge in [0.05, 0.1) is 0 Å². The summed E-state index contributed by atoms with van der Waals surface area (Å²) in [5.41, 5.74) is -0.773. The standard InChI is InChI=1S/C8H22O2Si2/c1-7-8(9,11(2)3)10-12(4,5)6/h9,11H,7H2,1-6H3. The number of hydrogen-bond donors (Lipinski definition) is 1. The molecule has 0 aromatic carbocycles. The number of hydrogen-bond acceptors (Lipinski definition) is 2. The summed E-state index contributed by atoms with van der Waals surface area (Å²) in [6, 6.07) is 0. The van der Waals surface area contributed by atoms with Crippen LogP contribution in [-0.4, -0.2) is 27.6 Å². The third-order valence-electron chi connectivity index (χ3n) is 1.89. The van der Waals surface area contributed by atoms with E-state index in [2.05, 4.69) is 32.7 Å². The summed E-state index contributed by atoms with van der Waals surface area (Å²) in [7, 11) is -2.72. The maximum Gasteiger partial charge on any atom is 0.187 e. The molecule has 1 N–H and O–H groups in total. The van der Waals surface area contributed by atoms with E-state index in [1.54, 1.807) is 0 Å². The Bertz CT molecular complexity index is 142. The lowest BCUT2D eigenvalue weighted by molar-refractivity contribution is -0.0770. The van der Waals surface area contributed by atoms with Crippen LogP contribution in [0.3, 0.4) is 0 Å². The molecule has 0 radical (unpaired) electrons. The maximum absolute atomic E-state index is 10.1. The number of aliphatic hydroxyl groups is 1. The van der Waals surface area contributed by atoms with E-state index in [1.807, 2.05) is 6.92 Å². The largest absolute Gasteiger partial charge is 0.394 e. The first kappa shape index (κ1) is 12.4. The Kier molecular flexibility index (Phi) is 4.16. The van der Waals surface area contributed by atoms with Crippen LogP contribution in [0, 0.1) is 0 Å². The van der Waals surface area contributed by atoms with Crippen molar-refractivity contribution < 1.29 is 9.53 Å². The van der Waals surface area contributed by atoms with Gasteiger partial charge in [-0.1, -0.05) is 20.0 Å². The minimum atomic E-state index is -1.59. The van der Waals surface area contributed by atoms with Gasteiger partial charge in [0.1, 0.15) is 14.2 Å². The van der Waals surface area contributed by atoms with Crippen LogP contribution in [0.1, 0.15) is 13.3 Å². The quantitative estimate of drug-likeness (QED) is 0.563. The zero-order chi connectivity index (χ0) is 9.99. The highest BCUT2D eigenvalue weighted by atomic mass is 28.4. The van der Waals surface area contributed by atoms with Crippen LogP contribution in [0.4, 0.5) is 0 Å². The average Bonchev–Trinajstić information content (AvgIpc) is 1.83. The normalized spacial score (nSPS) is 18.0. The molecule has 12 heavy (non-hydrogen) atoms. The second kappa shape index (κ2) is 4.04. The molecule has 74 valence electrons. The summed E-state index contributed by atoms with van der Waals surface area (Å²) in [5, 5.41) is 10.1. The predicted octanol–water partition coefficient (Wildman–Crippen LogP) is 1.96. The molecule has 0 saturated carbocycles. The molecule has 1 unspecified atom stereocenters. The molecule has 0 heterocycles. The van der Waals surface area contributed by atoms with Crippen LogP contribution >= 0.6 is 0 Å². The molecule has 0 bridgehead atoms. The summed E-state index contributed by atoms with van der Waals surface area (Å²) in [6.07, 6.45) is 0.723. The predicted molar refractivity (Wildman–Crippen MR) is 58.5 cm³/mol. The highest BCUT2D eigenvalue weighted by Crippen LogP contribution is 2.21. The van der Waals surface area contributed by atoms with Crippen molar-refractivity contribution in [1.29, 1.82) is 0 Å². The van der Waals surface area contributed by atoms with E-state index in [0.717, 1.165) is 6.42 Å². The minimum Gasteiger partial charge on any atom is -0.394 e. The van der Waals surface area contributed by atoms with Crippen LogP contribution in [-0.2, 0) is 4.43 Å². The highest BCUT2D eigenvalue weighted by molar-refractivity contribution is 6.71. The first-order valence-electron chi connectivity index (χ1n) is 4.64. The topological polar surface area (TPSA) is 29.5 Å². The molecule has 0 aliphatic rings. The molecule has 0 rings (SSSR count). The first-order valence-corrected chi connectivity index (χ1v) is 10.9. The van der Waals surface area contributed by atoms with Crippen molar-refractivity contribution in [2.45, 2.75) is 51.5 Å². The highest BCUT2D eigenvalue weighted by Gasteiger charge is 2.35. The minimum absolute atomic E-state index is 0.723. The Labute approximate surface area is 78.7 Å². The van der Waals surface area contributed by atoms with Gasteiger partial charge in [0.25, 0.3) is 0 Å². The van der Waals surface area contributed by atoms with Gasteiger partial charge in [-0.2, -0.15) is 0 Å². The van der Waals surface area contributed by atoms with E-state index in [4.69, 9.17) is 4.43 Å². The molecule has 0 amide bonds. The van der Waals surface area contributed by atoms with Gasteiger partial charge >= 0.3 is 0 Å². The van der Waals surface area contributed by atoms with Crippen molar-refractivity contribution in [2.75, 3.05) is 0 Å². The van der Waals surface area contributed by atoms with Crippen molar-refractivity contribution in [3.8, 4) is 0 Å². The van der Waals surface area contributed by atoms with Crippen LogP contribution < -0.4 is 0 Å². The van der Waals surface area contributed by atoms with Crippen LogP contribution in [0.25, 0.3) is 0 Å². The lowest BCUT2D eigenvalue weighted by Gasteiger charge is -2.36. The molecule has 0 aromatic rings. The zero-order valence-electron chi connectivity index (χ0n) is 9.14. The second-order valence-electron chi connectivity index (χ2n) is 4.57. The molecule has 0 saturated heterocycles. The summed E-state index contributed by atoms with van der Waals surface area (Å²) in [4.78, 5) is 0. The first-order chi connectivity index (χ1) is 5.21.